The SMILES string of the molecule is Nc1nc(-c2cncs2)ncc1C(=O)O. The van der Waals surface area contributed by atoms with Crippen molar-refractivity contribution in [2.45, 2.75) is 0 Å². The number of nitrogens with two attached hydrogens (primary N) is 1. The number of hydrogen-bond donors (Lipinski definition) is 2. The average Bonchev–Trinajstić information content (AvgIpc) is 2.69. The zero-order valence-electron chi connectivity index (χ0n) is 7.41. The van der Waals surface area contributed by atoms with E-state index >= 15 is 0 Å². The summed E-state index contributed by atoms with van der Waals surface area (Å²) in [6.45, 7) is 0. The quantitative estimate of drug-likeness (QED) is 0.782. The smallest absolute Gasteiger partial charge is 0.341 e. The van der Waals surface area contributed by atoms with Crippen molar-refractivity contribution in [3.05, 3.63) is 23.5 Å². The number of carboxylic acids is 1. The van der Waals surface area contributed by atoms with Crippen molar-refractivity contribution in [3.8, 4) is 10.7 Å². The third-order valence-corrected chi connectivity index (χ3v) is 2.47. The number of thiazole rings is 1. The number of rotatable bonds is 2. The van der Waals surface area contributed by atoms with Gasteiger partial charge in [-0.1, -0.05) is 0 Å². The molecule has 2 heterocycles. The molecule has 76 valence electrons. The Kier molecular flexibility index (Phi) is 2.30. The Labute approximate surface area is 88.4 Å². The van der Waals surface area contributed by atoms with Crippen LogP contribution in [0.25, 0.3) is 10.7 Å². The van der Waals surface area contributed by atoms with Gasteiger partial charge in [0.15, 0.2) is 5.82 Å². The van der Waals surface area contributed by atoms with E-state index in [4.69, 9.17) is 10.8 Å². The number of aromatic nitrogens is 3. The van der Waals surface area contributed by atoms with Gasteiger partial charge in [0, 0.05) is 12.4 Å². The fourth-order valence-electron chi connectivity index (χ4n) is 1.00. The molecule has 15 heavy (non-hydrogen) atoms. The Hall–Kier alpha value is -2.02. The number of carboxylic acid groups (broad SMARTS) is 1. The van der Waals surface area contributed by atoms with Gasteiger partial charge in [-0.25, -0.2) is 14.8 Å². The van der Waals surface area contributed by atoms with Crippen LogP contribution in [-0.2, 0) is 0 Å². The van der Waals surface area contributed by atoms with Crippen LogP contribution in [0.4, 0.5) is 5.82 Å². The lowest BCUT2D eigenvalue weighted by atomic mass is 10.3. The van der Waals surface area contributed by atoms with E-state index in [2.05, 4.69) is 15.0 Å². The summed E-state index contributed by atoms with van der Waals surface area (Å²) in [4.78, 5) is 23.1. The second-order valence-corrected chi connectivity index (χ2v) is 3.55. The van der Waals surface area contributed by atoms with E-state index < -0.39 is 5.97 Å². The van der Waals surface area contributed by atoms with Crippen LogP contribution in [0.5, 0.6) is 0 Å². The molecule has 0 radical (unpaired) electrons. The topological polar surface area (TPSA) is 102 Å². The maximum absolute atomic E-state index is 10.6. The summed E-state index contributed by atoms with van der Waals surface area (Å²) >= 11 is 1.36. The summed E-state index contributed by atoms with van der Waals surface area (Å²) in [5.74, 6) is -0.788. The van der Waals surface area contributed by atoms with Crippen molar-refractivity contribution in [2.75, 3.05) is 5.73 Å². The molecule has 0 saturated heterocycles. The number of nitrogen functional groups attached to an aromatic ring is 1. The summed E-state index contributed by atoms with van der Waals surface area (Å²) in [5.41, 5.74) is 7.03. The lowest BCUT2D eigenvalue weighted by Crippen LogP contribution is -2.06. The molecular weight excluding hydrogens is 216 g/mol. The molecule has 0 aliphatic carbocycles. The van der Waals surface area contributed by atoms with Crippen LogP contribution < -0.4 is 5.73 Å². The maximum atomic E-state index is 10.6. The van der Waals surface area contributed by atoms with Crippen LogP contribution >= 0.6 is 11.3 Å². The number of hydrogen-bond acceptors (Lipinski definition) is 6. The van der Waals surface area contributed by atoms with Crippen LogP contribution in [0.15, 0.2) is 17.9 Å². The van der Waals surface area contributed by atoms with E-state index in [1.54, 1.807) is 11.7 Å². The van der Waals surface area contributed by atoms with Crippen molar-refractivity contribution < 1.29 is 9.90 Å². The molecule has 0 unspecified atom stereocenters. The van der Waals surface area contributed by atoms with E-state index in [0.29, 0.717) is 5.82 Å². The van der Waals surface area contributed by atoms with Gasteiger partial charge in [-0.3, -0.25) is 4.98 Å². The van der Waals surface area contributed by atoms with E-state index in [9.17, 15) is 4.79 Å². The van der Waals surface area contributed by atoms with E-state index in [0.717, 1.165) is 4.88 Å². The molecule has 0 amide bonds. The summed E-state index contributed by atoms with van der Waals surface area (Å²) in [7, 11) is 0. The Morgan fingerprint density at radius 2 is 2.27 bits per heavy atom. The molecule has 3 N–H and O–H groups in total. The number of carbonyl (C=O) groups is 1. The Morgan fingerprint density at radius 3 is 2.80 bits per heavy atom. The molecule has 0 bridgehead atoms. The van der Waals surface area contributed by atoms with Gasteiger partial charge in [-0.2, -0.15) is 0 Å². The zero-order valence-corrected chi connectivity index (χ0v) is 8.23. The Balaban J connectivity index is 2.47. The normalized spacial score (nSPS) is 10.1. The summed E-state index contributed by atoms with van der Waals surface area (Å²) in [6, 6.07) is 0. The van der Waals surface area contributed by atoms with Crippen LogP contribution in [0.2, 0.25) is 0 Å². The third kappa shape index (κ3) is 1.77. The van der Waals surface area contributed by atoms with Crippen molar-refractivity contribution >= 4 is 23.1 Å². The third-order valence-electron chi connectivity index (χ3n) is 1.70. The average molecular weight is 222 g/mol. The molecule has 0 aliphatic heterocycles. The van der Waals surface area contributed by atoms with Crippen molar-refractivity contribution in [1.82, 2.24) is 15.0 Å². The number of nitrogens with zero attached hydrogens (tertiary/aromatic N) is 3. The van der Waals surface area contributed by atoms with Gasteiger partial charge in [0.2, 0.25) is 0 Å². The highest BCUT2D eigenvalue weighted by molar-refractivity contribution is 7.13. The predicted molar refractivity (Wildman–Crippen MR) is 54.5 cm³/mol. The molecule has 0 spiro atoms. The van der Waals surface area contributed by atoms with Gasteiger partial charge >= 0.3 is 5.97 Å². The molecule has 6 nitrogen and oxygen atoms in total. The maximum Gasteiger partial charge on any atom is 0.341 e. The first-order valence-corrected chi connectivity index (χ1v) is 4.81. The monoisotopic (exact) mass is 222 g/mol. The number of aromatic carboxylic acids is 1. The van der Waals surface area contributed by atoms with Gasteiger partial charge in [0.1, 0.15) is 11.4 Å². The molecule has 2 rings (SSSR count). The molecule has 2 aromatic heterocycles. The van der Waals surface area contributed by atoms with Crippen LogP contribution in [-0.4, -0.2) is 26.0 Å². The highest BCUT2D eigenvalue weighted by Gasteiger charge is 2.12. The second-order valence-electron chi connectivity index (χ2n) is 2.66. The summed E-state index contributed by atoms with van der Waals surface area (Å²) in [6.07, 6.45) is 2.79. The molecule has 0 fully saturated rings. The fourth-order valence-corrected chi connectivity index (χ4v) is 1.57. The summed E-state index contributed by atoms with van der Waals surface area (Å²) in [5, 5.41) is 8.72. The number of anilines is 1. The molecule has 0 saturated carbocycles. The van der Waals surface area contributed by atoms with E-state index in [1.165, 1.54) is 17.5 Å². The first-order chi connectivity index (χ1) is 7.18. The Bertz CT molecular complexity index is 497. The van der Waals surface area contributed by atoms with Gasteiger partial charge in [0.25, 0.3) is 0 Å². The largest absolute Gasteiger partial charge is 0.477 e. The van der Waals surface area contributed by atoms with E-state index in [1.807, 2.05) is 0 Å². The molecule has 0 aromatic carbocycles. The zero-order chi connectivity index (χ0) is 10.8. The standard InChI is InChI=1S/C8H6N4O2S/c9-6-4(8(13)14)1-11-7(12-6)5-2-10-3-15-5/h1-3H,(H,13,14)(H2,9,11,12). The minimum atomic E-state index is -1.14. The van der Waals surface area contributed by atoms with Crippen LogP contribution in [0.1, 0.15) is 10.4 Å². The lowest BCUT2D eigenvalue weighted by Gasteiger charge is -2.00. The fraction of sp³-hybridized carbons (Fsp3) is 0. The molecule has 0 aliphatic rings. The van der Waals surface area contributed by atoms with Crippen LogP contribution in [0.3, 0.4) is 0 Å². The van der Waals surface area contributed by atoms with Gasteiger partial charge in [-0.05, 0) is 0 Å². The van der Waals surface area contributed by atoms with Crippen molar-refractivity contribution in [3.63, 3.8) is 0 Å². The lowest BCUT2D eigenvalue weighted by molar-refractivity contribution is 0.0697. The Morgan fingerprint density at radius 1 is 1.47 bits per heavy atom. The minimum absolute atomic E-state index is 0.0408. The second kappa shape index (κ2) is 3.62. The first-order valence-electron chi connectivity index (χ1n) is 3.93. The van der Waals surface area contributed by atoms with Gasteiger partial charge in [-0.15, -0.1) is 11.3 Å². The molecular formula is C8H6N4O2S. The van der Waals surface area contributed by atoms with Crippen molar-refractivity contribution in [2.24, 2.45) is 0 Å². The van der Waals surface area contributed by atoms with Crippen molar-refractivity contribution in [1.29, 1.82) is 0 Å². The highest BCUT2D eigenvalue weighted by Crippen LogP contribution is 2.20. The van der Waals surface area contributed by atoms with E-state index in [-0.39, 0.29) is 11.4 Å². The predicted octanol–water partition coefficient (Wildman–Crippen LogP) is 0.880. The summed E-state index contributed by atoms with van der Waals surface area (Å²) < 4.78 is 0. The first kappa shape index (κ1) is 9.53. The van der Waals surface area contributed by atoms with Crippen LogP contribution in [0, 0.1) is 0 Å². The molecule has 0 atom stereocenters. The molecule has 7 heteroatoms. The molecule has 2 aromatic rings. The van der Waals surface area contributed by atoms with Gasteiger partial charge < -0.3 is 10.8 Å². The minimum Gasteiger partial charge on any atom is -0.477 e. The van der Waals surface area contributed by atoms with Gasteiger partial charge in [0.05, 0.1) is 10.4 Å². The highest BCUT2D eigenvalue weighted by atomic mass is 32.1.